The normalized spacial score (nSPS) is 14.9. The number of rotatable bonds is 1. The molecule has 0 N–H and O–H groups in total. The Morgan fingerprint density at radius 1 is 1.07 bits per heavy atom. The standard InChI is InChI=1S/C11H11Cl2N.ClH/c12-10-5-4-9(8-11(10)13)14-6-2-1-3-7-14;/h1-2,4-5,8H,3,6-7H2;1H. The minimum atomic E-state index is 0. The number of hydrogen-bond donors (Lipinski definition) is 0. The molecule has 0 saturated carbocycles. The third kappa shape index (κ3) is 3.04. The van der Waals surface area contributed by atoms with Gasteiger partial charge in [-0.3, -0.25) is 0 Å². The maximum absolute atomic E-state index is 5.96. The van der Waals surface area contributed by atoms with Gasteiger partial charge in [0.15, 0.2) is 0 Å². The van der Waals surface area contributed by atoms with E-state index in [0.29, 0.717) is 10.0 Å². The van der Waals surface area contributed by atoms with Gasteiger partial charge in [-0.05, 0) is 24.6 Å². The van der Waals surface area contributed by atoms with Gasteiger partial charge in [-0.25, -0.2) is 0 Å². The second-order valence-corrected chi connectivity index (χ2v) is 4.12. The van der Waals surface area contributed by atoms with E-state index in [1.165, 1.54) is 0 Å². The van der Waals surface area contributed by atoms with Gasteiger partial charge in [-0.2, -0.15) is 0 Å². The maximum atomic E-state index is 5.96. The van der Waals surface area contributed by atoms with E-state index in [0.717, 1.165) is 25.2 Å². The lowest BCUT2D eigenvalue weighted by Crippen LogP contribution is -2.26. The van der Waals surface area contributed by atoms with Crippen LogP contribution in [-0.2, 0) is 0 Å². The second-order valence-electron chi connectivity index (χ2n) is 3.30. The molecule has 1 aromatic rings. The average Bonchev–Trinajstić information content (AvgIpc) is 2.23. The fourth-order valence-electron chi connectivity index (χ4n) is 1.56. The number of halogens is 3. The molecule has 0 spiro atoms. The van der Waals surface area contributed by atoms with E-state index in [2.05, 4.69) is 17.1 Å². The molecule has 1 aliphatic heterocycles. The van der Waals surface area contributed by atoms with E-state index < -0.39 is 0 Å². The third-order valence-corrected chi connectivity index (χ3v) is 3.07. The summed E-state index contributed by atoms with van der Waals surface area (Å²) in [5.74, 6) is 0. The second kappa shape index (κ2) is 5.64. The maximum Gasteiger partial charge on any atom is 0.0612 e. The molecule has 0 aromatic heterocycles. The molecule has 0 amide bonds. The van der Waals surface area contributed by atoms with Gasteiger partial charge in [0, 0.05) is 18.8 Å². The van der Waals surface area contributed by atoms with Crippen molar-refractivity contribution >= 4 is 41.3 Å². The molecule has 0 radical (unpaired) electrons. The van der Waals surface area contributed by atoms with Crippen LogP contribution in [0.4, 0.5) is 5.69 Å². The molecule has 15 heavy (non-hydrogen) atoms. The van der Waals surface area contributed by atoms with Crippen LogP contribution >= 0.6 is 35.6 Å². The van der Waals surface area contributed by atoms with Gasteiger partial charge in [0.05, 0.1) is 10.0 Å². The van der Waals surface area contributed by atoms with Crippen LogP contribution in [0.5, 0.6) is 0 Å². The summed E-state index contributed by atoms with van der Waals surface area (Å²) in [5, 5.41) is 1.24. The summed E-state index contributed by atoms with van der Waals surface area (Å²) in [7, 11) is 0. The fourth-order valence-corrected chi connectivity index (χ4v) is 1.85. The molecule has 0 saturated heterocycles. The molecule has 2 rings (SSSR count). The average molecular weight is 265 g/mol. The molecule has 0 atom stereocenters. The van der Waals surface area contributed by atoms with Gasteiger partial charge in [0.1, 0.15) is 0 Å². The highest BCUT2D eigenvalue weighted by atomic mass is 35.5. The van der Waals surface area contributed by atoms with Crippen molar-refractivity contribution in [3.05, 3.63) is 40.4 Å². The number of hydrogen-bond acceptors (Lipinski definition) is 1. The van der Waals surface area contributed by atoms with E-state index in [9.17, 15) is 0 Å². The van der Waals surface area contributed by atoms with E-state index in [-0.39, 0.29) is 12.4 Å². The van der Waals surface area contributed by atoms with E-state index in [1.807, 2.05) is 18.2 Å². The first-order chi connectivity index (χ1) is 6.77. The smallest absolute Gasteiger partial charge is 0.0612 e. The summed E-state index contributed by atoms with van der Waals surface area (Å²) in [6.45, 7) is 2.01. The van der Waals surface area contributed by atoms with Crippen molar-refractivity contribution in [1.29, 1.82) is 0 Å². The Hall–Kier alpha value is -0.370. The third-order valence-electron chi connectivity index (χ3n) is 2.33. The van der Waals surface area contributed by atoms with Crippen molar-refractivity contribution in [2.45, 2.75) is 6.42 Å². The Bertz CT molecular complexity index is 363. The number of anilines is 1. The van der Waals surface area contributed by atoms with Crippen molar-refractivity contribution in [3.8, 4) is 0 Å². The molecular formula is C11H12Cl3N. The molecule has 1 aliphatic rings. The molecular weight excluding hydrogens is 252 g/mol. The zero-order valence-corrected chi connectivity index (χ0v) is 10.4. The lowest BCUT2D eigenvalue weighted by Gasteiger charge is -2.25. The van der Waals surface area contributed by atoms with Crippen LogP contribution in [0.25, 0.3) is 0 Å². The molecule has 82 valence electrons. The first kappa shape index (κ1) is 12.7. The minimum absolute atomic E-state index is 0. The highest BCUT2D eigenvalue weighted by Gasteiger charge is 2.08. The van der Waals surface area contributed by atoms with Crippen LogP contribution < -0.4 is 4.90 Å². The summed E-state index contributed by atoms with van der Waals surface area (Å²) >= 11 is 11.8. The zero-order valence-electron chi connectivity index (χ0n) is 8.12. The molecule has 0 aliphatic carbocycles. The van der Waals surface area contributed by atoms with Gasteiger partial charge < -0.3 is 4.90 Å². The van der Waals surface area contributed by atoms with E-state index in [4.69, 9.17) is 23.2 Å². The first-order valence-corrected chi connectivity index (χ1v) is 5.38. The van der Waals surface area contributed by atoms with Crippen LogP contribution in [0.15, 0.2) is 30.4 Å². The van der Waals surface area contributed by atoms with Gasteiger partial charge in [-0.1, -0.05) is 35.4 Å². The first-order valence-electron chi connectivity index (χ1n) is 4.62. The van der Waals surface area contributed by atoms with Crippen molar-refractivity contribution < 1.29 is 0 Å². The Balaban J connectivity index is 0.00000112. The summed E-state index contributed by atoms with van der Waals surface area (Å²) < 4.78 is 0. The summed E-state index contributed by atoms with van der Waals surface area (Å²) in [4.78, 5) is 2.28. The topological polar surface area (TPSA) is 3.24 Å². The molecule has 0 fully saturated rings. The van der Waals surface area contributed by atoms with Crippen LogP contribution in [0.3, 0.4) is 0 Å². The summed E-state index contributed by atoms with van der Waals surface area (Å²) in [6, 6.07) is 5.77. The van der Waals surface area contributed by atoms with Gasteiger partial charge >= 0.3 is 0 Å². The predicted octanol–water partition coefficient (Wildman–Crippen LogP) is 4.18. The SMILES string of the molecule is Cl.Clc1ccc(N2CC=CCC2)cc1Cl. The summed E-state index contributed by atoms with van der Waals surface area (Å²) in [6.07, 6.45) is 5.47. The molecule has 1 heterocycles. The number of nitrogens with zero attached hydrogens (tertiary/aromatic N) is 1. The van der Waals surface area contributed by atoms with Gasteiger partial charge in [-0.15, -0.1) is 12.4 Å². The lowest BCUT2D eigenvalue weighted by molar-refractivity contribution is 0.821. The Labute approximate surface area is 106 Å². The highest BCUT2D eigenvalue weighted by Crippen LogP contribution is 2.27. The fraction of sp³-hybridized carbons (Fsp3) is 0.273. The van der Waals surface area contributed by atoms with Crippen molar-refractivity contribution in [2.75, 3.05) is 18.0 Å². The Morgan fingerprint density at radius 2 is 1.87 bits per heavy atom. The Morgan fingerprint density at radius 3 is 2.47 bits per heavy atom. The van der Waals surface area contributed by atoms with E-state index >= 15 is 0 Å². The molecule has 4 heteroatoms. The largest absolute Gasteiger partial charge is 0.367 e. The Kier molecular flexibility index (Phi) is 4.78. The number of benzene rings is 1. The molecule has 0 unspecified atom stereocenters. The van der Waals surface area contributed by atoms with Crippen LogP contribution in [0, 0.1) is 0 Å². The van der Waals surface area contributed by atoms with Gasteiger partial charge in [0.2, 0.25) is 0 Å². The molecule has 0 bridgehead atoms. The molecule has 1 aromatic carbocycles. The van der Waals surface area contributed by atoms with Crippen LogP contribution in [0.2, 0.25) is 10.0 Å². The predicted molar refractivity (Wildman–Crippen MR) is 69.7 cm³/mol. The zero-order chi connectivity index (χ0) is 9.97. The lowest BCUT2D eigenvalue weighted by atomic mass is 10.2. The van der Waals surface area contributed by atoms with E-state index in [1.54, 1.807) is 0 Å². The van der Waals surface area contributed by atoms with Crippen LogP contribution in [0.1, 0.15) is 6.42 Å². The molecule has 1 nitrogen and oxygen atoms in total. The minimum Gasteiger partial charge on any atom is -0.367 e. The van der Waals surface area contributed by atoms with Crippen molar-refractivity contribution in [2.24, 2.45) is 0 Å². The van der Waals surface area contributed by atoms with Crippen molar-refractivity contribution in [1.82, 2.24) is 0 Å². The monoisotopic (exact) mass is 263 g/mol. The van der Waals surface area contributed by atoms with Crippen molar-refractivity contribution in [3.63, 3.8) is 0 Å². The van der Waals surface area contributed by atoms with Crippen LogP contribution in [-0.4, -0.2) is 13.1 Å². The quantitative estimate of drug-likeness (QED) is 0.688. The van der Waals surface area contributed by atoms with Gasteiger partial charge in [0.25, 0.3) is 0 Å². The summed E-state index contributed by atoms with van der Waals surface area (Å²) in [5.41, 5.74) is 1.14. The highest BCUT2D eigenvalue weighted by molar-refractivity contribution is 6.42.